The fourth-order valence-electron chi connectivity index (χ4n) is 2.70. The van der Waals surface area contributed by atoms with Crippen LogP contribution in [-0.4, -0.2) is 49.9 Å². The van der Waals surface area contributed by atoms with Gasteiger partial charge in [-0.3, -0.25) is 4.79 Å². The van der Waals surface area contributed by atoms with E-state index in [0.717, 1.165) is 6.26 Å². The molecular formula is C14H16F3NO4S. The van der Waals surface area contributed by atoms with Crippen LogP contribution in [0.2, 0.25) is 0 Å². The van der Waals surface area contributed by atoms with Gasteiger partial charge in [0.15, 0.2) is 9.84 Å². The first kappa shape index (κ1) is 17.7. The molecule has 0 bridgehead atoms. The number of aliphatic hydroxyl groups is 1. The van der Waals surface area contributed by atoms with Gasteiger partial charge in [0.1, 0.15) is 0 Å². The van der Waals surface area contributed by atoms with Crippen molar-refractivity contribution in [3.05, 3.63) is 29.8 Å². The summed E-state index contributed by atoms with van der Waals surface area (Å²) in [5.41, 5.74) is -1.43. The first-order chi connectivity index (χ1) is 10.5. The second-order valence-electron chi connectivity index (χ2n) is 5.59. The highest BCUT2D eigenvalue weighted by Crippen LogP contribution is 2.37. The van der Waals surface area contributed by atoms with Crippen LogP contribution >= 0.6 is 0 Å². The zero-order valence-electron chi connectivity index (χ0n) is 12.3. The van der Waals surface area contributed by atoms with Gasteiger partial charge < -0.3 is 10.0 Å². The summed E-state index contributed by atoms with van der Waals surface area (Å²) in [5, 5.41) is 10.7. The first-order valence-corrected chi connectivity index (χ1v) is 8.72. The van der Waals surface area contributed by atoms with Crippen molar-refractivity contribution in [1.29, 1.82) is 0 Å². The molecule has 1 N–H and O–H groups in total. The summed E-state index contributed by atoms with van der Waals surface area (Å²) in [6.45, 7) is -0.597. The number of hydrogen-bond acceptors (Lipinski definition) is 4. The Morgan fingerprint density at radius 2 is 1.74 bits per heavy atom. The van der Waals surface area contributed by atoms with Crippen molar-refractivity contribution in [2.75, 3.05) is 19.3 Å². The standard InChI is InChI=1S/C14H16F3NO4S/c1-23(21,22)11-5-3-2-4-10(11)13(20)6-8-18(9-7-13)12(19)14(15,16)17/h2-5,20H,6-9H2,1H3. The molecule has 5 nitrogen and oxygen atoms in total. The van der Waals surface area contributed by atoms with Crippen LogP contribution in [0, 0.1) is 0 Å². The molecule has 9 heteroatoms. The summed E-state index contributed by atoms with van der Waals surface area (Å²) in [4.78, 5) is 11.8. The maximum absolute atomic E-state index is 12.4. The molecular weight excluding hydrogens is 335 g/mol. The van der Waals surface area contributed by atoms with Crippen LogP contribution in [-0.2, 0) is 20.2 Å². The minimum atomic E-state index is -4.96. The summed E-state index contributed by atoms with van der Waals surface area (Å²) < 4.78 is 60.9. The van der Waals surface area contributed by atoms with Crippen LogP contribution in [0.4, 0.5) is 13.2 Å². The molecule has 23 heavy (non-hydrogen) atoms. The Bertz CT molecular complexity index is 707. The van der Waals surface area contributed by atoms with Crippen LogP contribution in [0.3, 0.4) is 0 Å². The van der Waals surface area contributed by atoms with Gasteiger partial charge in [-0.25, -0.2) is 8.42 Å². The molecule has 1 aromatic carbocycles. The Kier molecular flexibility index (Phi) is 4.46. The number of halogens is 3. The number of nitrogens with zero attached hydrogens (tertiary/aromatic N) is 1. The van der Waals surface area contributed by atoms with Gasteiger partial charge in [0.25, 0.3) is 0 Å². The van der Waals surface area contributed by atoms with Crippen LogP contribution in [0.1, 0.15) is 18.4 Å². The van der Waals surface area contributed by atoms with Crippen LogP contribution < -0.4 is 0 Å². The lowest BCUT2D eigenvalue weighted by atomic mass is 9.84. The van der Waals surface area contributed by atoms with Crippen molar-refractivity contribution in [2.45, 2.75) is 29.5 Å². The number of alkyl halides is 3. The molecule has 0 atom stereocenters. The summed E-state index contributed by atoms with van der Waals surface area (Å²) in [5.74, 6) is -1.95. The molecule has 0 radical (unpaired) electrons. The Morgan fingerprint density at radius 3 is 2.22 bits per heavy atom. The van der Waals surface area contributed by atoms with Crippen molar-refractivity contribution < 1.29 is 31.5 Å². The average Bonchev–Trinajstić information content (AvgIpc) is 2.45. The van der Waals surface area contributed by atoms with Gasteiger partial charge >= 0.3 is 12.1 Å². The van der Waals surface area contributed by atoms with E-state index in [0.29, 0.717) is 4.90 Å². The molecule has 1 fully saturated rings. The Morgan fingerprint density at radius 1 is 1.22 bits per heavy atom. The van der Waals surface area contributed by atoms with E-state index in [-0.39, 0.29) is 36.4 Å². The van der Waals surface area contributed by atoms with E-state index in [1.54, 1.807) is 6.07 Å². The number of carbonyl (C=O) groups excluding carboxylic acids is 1. The normalized spacial score (nSPS) is 18.7. The monoisotopic (exact) mass is 351 g/mol. The number of amides is 1. The molecule has 1 aliphatic rings. The zero-order chi connectivity index (χ0) is 17.5. The lowest BCUT2D eigenvalue weighted by Gasteiger charge is -2.39. The minimum absolute atomic E-state index is 0.0573. The highest BCUT2D eigenvalue weighted by Gasteiger charge is 2.46. The van der Waals surface area contributed by atoms with Crippen LogP contribution in [0.15, 0.2) is 29.2 Å². The van der Waals surface area contributed by atoms with Gasteiger partial charge in [-0.15, -0.1) is 0 Å². The molecule has 1 heterocycles. The molecule has 2 rings (SSSR count). The second-order valence-corrected chi connectivity index (χ2v) is 7.57. The molecule has 0 spiro atoms. The lowest BCUT2D eigenvalue weighted by Crippen LogP contribution is -2.49. The molecule has 0 saturated carbocycles. The Balaban J connectivity index is 2.26. The van der Waals surface area contributed by atoms with E-state index in [2.05, 4.69) is 0 Å². The number of likely N-dealkylation sites (tertiary alicyclic amines) is 1. The zero-order valence-corrected chi connectivity index (χ0v) is 13.1. The quantitative estimate of drug-likeness (QED) is 0.875. The topological polar surface area (TPSA) is 74.7 Å². The minimum Gasteiger partial charge on any atom is -0.385 e. The SMILES string of the molecule is CS(=O)(=O)c1ccccc1C1(O)CCN(C(=O)C(F)(F)F)CC1. The molecule has 128 valence electrons. The number of sulfone groups is 1. The summed E-state index contributed by atoms with van der Waals surface area (Å²) in [7, 11) is -3.59. The van der Waals surface area contributed by atoms with E-state index in [1.807, 2.05) is 0 Å². The molecule has 1 aliphatic heterocycles. The van der Waals surface area contributed by atoms with Gasteiger partial charge in [0.05, 0.1) is 10.5 Å². The van der Waals surface area contributed by atoms with Gasteiger partial charge in [0, 0.05) is 24.9 Å². The third kappa shape index (κ3) is 3.66. The maximum atomic E-state index is 12.4. The molecule has 0 aromatic heterocycles. The van der Waals surface area contributed by atoms with E-state index >= 15 is 0 Å². The average molecular weight is 351 g/mol. The fraction of sp³-hybridized carbons (Fsp3) is 0.500. The predicted molar refractivity (Wildman–Crippen MR) is 75.3 cm³/mol. The number of carbonyl (C=O) groups is 1. The Labute approximate surface area is 131 Å². The van der Waals surface area contributed by atoms with E-state index in [4.69, 9.17) is 0 Å². The third-order valence-corrected chi connectivity index (χ3v) is 5.06. The highest BCUT2D eigenvalue weighted by atomic mass is 32.2. The van der Waals surface area contributed by atoms with Crippen LogP contribution in [0.25, 0.3) is 0 Å². The van der Waals surface area contributed by atoms with E-state index < -0.39 is 27.5 Å². The highest BCUT2D eigenvalue weighted by molar-refractivity contribution is 7.90. The van der Waals surface area contributed by atoms with Crippen molar-refractivity contribution in [2.24, 2.45) is 0 Å². The Hall–Kier alpha value is -1.61. The van der Waals surface area contributed by atoms with Crippen molar-refractivity contribution in [1.82, 2.24) is 4.90 Å². The van der Waals surface area contributed by atoms with E-state index in [1.165, 1.54) is 18.2 Å². The van der Waals surface area contributed by atoms with Crippen LogP contribution in [0.5, 0.6) is 0 Å². The molecule has 0 aliphatic carbocycles. The van der Waals surface area contributed by atoms with Gasteiger partial charge in [-0.2, -0.15) is 13.2 Å². The number of hydrogen-bond donors (Lipinski definition) is 1. The van der Waals surface area contributed by atoms with Gasteiger partial charge in [-0.05, 0) is 18.9 Å². The number of rotatable bonds is 2. The molecule has 1 amide bonds. The third-order valence-electron chi connectivity index (χ3n) is 3.91. The summed E-state index contributed by atoms with van der Waals surface area (Å²) >= 11 is 0. The number of piperidine rings is 1. The van der Waals surface area contributed by atoms with Crippen molar-refractivity contribution in [3.63, 3.8) is 0 Å². The van der Waals surface area contributed by atoms with Gasteiger partial charge in [0.2, 0.25) is 0 Å². The summed E-state index contributed by atoms with van der Waals surface area (Å²) in [6, 6.07) is 5.84. The summed E-state index contributed by atoms with van der Waals surface area (Å²) in [6.07, 6.45) is -4.29. The van der Waals surface area contributed by atoms with E-state index in [9.17, 15) is 31.5 Å². The molecule has 0 unspecified atom stereocenters. The second kappa shape index (κ2) is 5.79. The molecule has 1 saturated heterocycles. The maximum Gasteiger partial charge on any atom is 0.471 e. The predicted octanol–water partition coefficient (Wildman–Crippen LogP) is 1.46. The van der Waals surface area contributed by atoms with Gasteiger partial charge in [-0.1, -0.05) is 18.2 Å². The van der Waals surface area contributed by atoms with Crippen molar-refractivity contribution >= 4 is 15.7 Å². The molecule has 1 aromatic rings. The number of benzene rings is 1. The lowest BCUT2D eigenvalue weighted by molar-refractivity contribution is -0.189. The smallest absolute Gasteiger partial charge is 0.385 e. The first-order valence-electron chi connectivity index (χ1n) is 6.83. The largest absolute Gasteiger partial charge is 0.471 e. The fourth-order valence-corrected chi connectivity index (χ4v) is 3.69. The van der Waals surface area contributed by atoms with Crippen molar-refractivity contribution in [3.8, 4) is 0 Å².